The maximum absolute atomic E-state index is 11.6. The van der Waals surface area contributed by atoms with Gasteiger partial charge in [0.1, 0.15) is 6.61 Å². The molecule has 3 rings (SSSR count). The summed E-state index contributed by atoms with van der Waals surface area (Å²) in [5.74, 6) is -0.355. The summed E-state index contributed by atoms with van der Waals surface area (Å²) in [6.45, 7) is 0.255. The number of aliphatic carboxylic acids is 1. The van der Waals surface area contributed by atoms with Gasteiger partial charge in [0.2, 0.25) is 0 Å². The van der Waals surface area contributed by atoms with E-state index in [1.807, 2.05) is 30.3 Å². The maximum atomic E-state index is 11.6. The lowest BCUT2D eigenvalue weighted by molar-refractivity contribution is -0.138. The molecule has 0 radical (unpaired) electrons. The van der Waals surface area contributed by atoms with E-state index in [-0.39, 0.29) is 24.5 Å². The molecule has 2 N–H and O–H groups in total. The molecular weight excluding hydrogens is 258 g/mol. The van der Waals surface area contributed by atoms with E-state index < -0.39 is 12.1 Å². The lowest BCUT2D eigenvalue weighted by Crippen LogP contribution is -2.27. The molecular formula is C15H17NO4. The third-order valence-corrected chi connectivity index (χ3v) is 4.06. The molecule has 0 spiro atoms. The van der Waals surface area contributed by atoms with Gasteiger partial charge in [-0.25, -0.2) is 4.79 Å². The number of nitrogens with one attached hydrogen (secondary N) is 1. The highest BCUT2D eigenvalue weighted by Crippen LogP contribution is 2.54. The summed E-state index contributed by atoms with van der Waals surface area (Å²) in [5, 5.41) is 11.7. The zero-order chi connectivity index (χ0) is 14.1. The number of hydrogen-bond donors (Lipinski definition) is 2. The summed E-state index contributed by atoms with van der Waals surface area (Å²) in [6.07, 6.45) is 1.19. The summed E-state index contributed by atoms with van der Waals surface area (Å²) < 4.78 is 5.14. The van der Waals surface area contributed by atoms with Gasteiger partial charge in [-0.1, -0.05) is 30.3 Å². The van der Waals surface area contributed by atoms with E-state index in [2.05, 4.69) is 5.32 Å². The van der Waals surface area contributed by atoms with Crippen molar-refractivity contribution in [3.8, 4) is 0 Å². The Morgan fingerprint density at radius 3 is 2.60 bits per heavy atom. The highest BCUT2D eigenvalue weighted by atomic mass is 16.5. The Kier molecular flexibility index (Phi) is 3.34. The van der Waals surface area contributed by atoms with Crippen LogP contribution in [-0.2, 0) is 16.1 Å². The Morgan fingerprint density at radius 1 is 1.20 bits per heavy atom. The molecule has 4 unspecified atom stereocenters. The second kappa shape index (κ2) is 5.15. The van der Waals surface area contributed by atoms with Crippen molar-refractivity contribution in [3.63, 3.8) is 0 Å². The highest BCUT2D eigenvalue weighted by molar-refractivity contribution is 5.74. The van der Waals surface area contributed by atoms with E-state index in [0.29, 0.717) is 5.92 Å². The number of carbonyl (C=O) groups excluding carboxylic acids is 1. The van der Waals surface area contributed by atoms with Crippen LogP contribution >= 0.6 is 0 Å². The van der Waals surface area contributed by atoms with E-state index in [0.717, 1.165) is 18.4 Å². The van der Waals surface area contributed by atoms with Crippen LogP contribution < -0.4 is 5.32 Å². The van der Waals surface area contributed by atoms with Crippen LogP contribution in [0.25, 0.3) is 0 Å². The van der Waals surface area contributed by atoms with Gasteiger partial charge in [-0.3, -0.25) is 4.79 Å². The molecule has 5 heteroatoms. The van der Waals surface area contributed by atoms with Crippen molar-refractivity contribution < 1.29 is 19.4 Å². The van der Waals surface area contributed by atoms with Crippen LogP contribution in [0.15, 0.2) is 30.3 Å². The van der Waals surface area contributed by atoms with Gasteiger partial charge >= 0.3 is 12.1 Å². The van der Waals surface area contributed by atoms with Crippen molar-refractivity contribution in [3.05, 3.63) is 35.9 Å². The minimum Gasteiger partial charge on any atom is -0.481 e. The molecule has 4 atom stereocenters. The number of carboxylic acid groups (broad SMARTS) is 1. The number of hydrogen-bond acceptors (Lipinski definition) is 3. The average Bonchev–Trinajstić information content (AvgIpc) is 3.30. The van der Waals surface area contributed by atoms with E-state index in [4.69, 9.17) is 9.84 Å². The normalized spacial score (nSPS) is 30.4. The summed E-state index contributed by atoms with van der Waals surface area (Å²) in [7, 11) is 0. The highest BCUT2D eigenvalue weighted by Gasteiger charge is 2.57. The topological polar surface area (TPSA) is 75.6 Å². The van der Waals surface area contributed by atoms with Crippen LogP contribution in [-0.4, -0.2) is 23.2 Å². The van der Waals surface area contributed by atoms with Crippen molar-refractivity contribution >= 4 is 12.1 Å². The molecule has 0 saturated heterocycles. The molecule has 2 aliphatic carbocycles. The first kappa shape index (κ1) is 13.0. The molecule has 0 aliphatic heterocycles. The molecule has 0 heterocycles. The number of benzene rings is 1. The van der Waals surface area contributed by atoms with Crippen LogP contribution in [0.4, 0.5) is 4.79 Å². The van der Waals surface area contributed by atoms with E-state index >= 15 is 0 Å². The maximum Gasteiger partial charge on any atom is 0.407 e. The summed E-state index contributed by atoms with van der Waals surface area (Å²) in [4.78, 5) is 22.4. The third-order valence-electron chi connectivity index (χ3n) is 4.06. The Labute approximate surface area is 116 Å². The molecule has 1 amide bonds. The van der Waals surface area contributed by atoms with Gasteiger partial charge < -0.3 is 15.2 Å². The van der Waals surface area contributed by atoms with Crippen LogP contribution in [0.5, 0.6) is 0 Å². The number of amides is 1. The summed E-state index contributed by atoms with van der Waals surface area (Å²) in [6, 6.07) is 9.59. The largest absolute Gasteiger partial charge is 0.481 e. The number of carboxylic acids is 1. The van der Waals surface area contributed by atoms with E-state index in [9.17, 15) is 9.59 Å². The quantitative estimate of drug-likeness (QED) is 0.862. The molecule has 2 saturated carbocycles. The monoisotopic (exact) mass is 275 g/mol. The molecule has 20 heavy (non-hydrogen) atoms. The van der Waals surface area contributed by atoms with Gasteiger partial charge in [-0.15, -0.1) is 0 Å². The molecule has 0 bridgehead atoms. The number of carbonyl (C=O) groups is 2. The van der Waals surface area contributed by atoms with Gasteiger partial charge in [0.25, 0.3) is 0 Å². The Morgan fingerprint density at radius 2 is 1.95 bits per heavy atom. The summed E-state index contributed by atoms with van der Waals surface area (Å²) >= 11 is 0. The van der Waals surface area contributed by atoms with Crippen molar-refractivity contribution in [2.75, 3.05) is 0 Å². The average molecular weight is 275 g/mol. The predicted octanol–water partition coefficient (Wildman–Crippen LogP) is 2.02. The van der Waals surface area contributed by atoms with Crippen molar-refractivity contribution in [1.82, 2.24) is 5.32 Å². The fourth-order valence-corrected chi connectivity index (χ4v) is 2.74. The van der Waals surface area contributed by atoms with E-state index in [1.165, 1.54) is 0 Å². The Hall–Kier alpha value is -2.04. The number of ether oxygens (including phenoxy) is 1. The van der Waals surface area contributed by atoms with Gasteiger partial charge in [-0.05, 0) is 30.2 Å². The third kappa shape index (κ3) is 2.92. The molecule has 1 aromatic carbocycles. The van der Waals surface area contributed by atoms with Crippen molar-refractivity contribution in [2.45, 2.75) is 25.5 Å². The van der Waals surface area contributed by atoms with Gasteiger partial charge in [0.05, 0.1) is 5.92 Å². The van der Waals surface area contributed by atoms with Crippen LogP contribution in [0.2, 0.25) is 0 Å². The predicted molar refractivity (Wildman–Crippen MR) is 70.9 cm³/mol. The van der Waals surface area contributed by atoms with Crippen molar-refractivity contribution in [1.29, 1.82) is 0 Å². The molecule has 2 fully saturated rings. The standard InChI is InChI=1S/C15H17NO4/c17-14(18)12-6-10(12)11-7-13(11)16-15(19)20-8-9-4-2-1-3-5-9/h1-5,10-13H,6-8H2,(H,16,19)(H,17,18). The van der Waals surface area contributed by atoms with Crippen molar-refractivity contribution in [2.24, 2.45) is 17.8 Å². The zero-order valence-corrected chi connectivity index (χ0v) is 11.0. The first-order valence-corrected chi connectivity index (χ1v) is 6.85. The van der Waals surface area contributed by atoms with Crippen LogP contribution in [0.1, 0.15) is 18.4 Å². The smallest absolute Gasteiger partial charge is 0.407 e. The minimum atomic E-state index is -0.715. The first-order valence-electron chi connectivity index (χ1n) is 6.85. The van der Waals surface area contributed by atoms with Gasteiger partial charge in [-0.2, -0.15) is 0 Å². The first-order chi connectivity index (χ1) is 9.65. The van der Waals surface area contributed by atoms with E-state index in [1.54, 1.807) is 0 Å². The molecule has 5 nitrogen and oxygen atoms in total. The Balaban J connectivity index is 1.38. The van der Waals surface area contributed by atoms with Gasteiger partial charge in [0.15, 0.2) is 0 Å². The second-order valence-corrected chi connectivity index (χ2v) is 5.56. The SMILES string of the molecule is O=C(NC1CC1C1CC1C(=O)O)OCc1ccccc1. The Bertz CT molecular complexity index is 516. The molecule has 1 aromatic rings. The fourth-order valence-electron chi connectivity index (χ4n) is 2.74. The lowest BCUT2D eigenvalue weighted by atomic mass is 10.2. The lowest BCUT2D eigenvalue weighted by Gasteiger charge is -2.06. The molecule has 0 aromatic heterocycles. The van der Waals surface area contributed by atoms with Crippen LogP contribution in [0.3, 0.4) is 0 Å². The van der Waals surface area contributed by atoms with Gasteiger partial charge in [0, 0.05) is 6.04 Å². The zero-order valence-electron chi connectivity index (χ0n) is 11.0. The fraction of sp³-hybridized carbons (Fsp3) is 0.467. The summed E-state index contributed by atoms with van der Waals surface area (Å²) in [5.41, 5.74) is 0.947. The molecule has 106 valence electrons. The number of alkyl carbamates (subject to hydrolysis) is 1. The second-order valence-electron chi connectivity index (χ2n) is 5.56. The molecule has 2 aliphatic rings. The van der Waals surface area contributed by atoms with Crippen LogP contribution in [0, 0.1) is 17.8 Å². The minimum absolute atomic E-state index is 0.0904. The number of rotatable bonds is 5.